The summed E-state index contributed by atoms with van der Waals surface area (Å²) in [6, 6.07) is 2.24. The van der Waals surface area contributed by atoms with E-state index in [4.69, 9.17) is 23.2 Å². The van der Waals surface area contributed by atoms with Gasteiger partial charge in [0.15, 0.2) is 0 Å². The molecular weight excluding hydrogens is 273 g/mol. The second-order valence-corrected chi connectivity index (χ2v) is 6.58. The Morgan fingerprint density at radius 3 is 2.76 bits per heavy atom. The van der Waals surface area contributed by atoms with E-state index in [1.807, 2.05) is 6.07 Å². The van der Waals surface area contributed by atoms with Crippen LogP contribution in [-0.4, -0.2) is 6.54 Å². The zero-order valence-corrected chi connectivity index (χ0v) is 12.3. The molecule has 0 fully saturated rings. The van der Waals surface area contributed by atoms with Crippen LogP contribution < -0.4 is 5.32 Å². The third-order valence-corrected chi connectivity index (χ3v) is 4.62. The second-order valence-electron chi connectivity index (χ2n) is 4.30. The van der Waals surface area contributed by atoms with Crippen LogP contribution in [0.1, 0.15) is 44.2 Å². The van der Waals surface area contributed by atoms with E-state index >= 15 is 0 Å². The quantitative estimate of drug-likeness (QED) is 0.751. The van der Waals surface area contributed by atoms with E-state index < -0.39 is 0 Å². The monoisotopic (exact) mass is 289 g/mol. The molecule has 1 heterocycles. The number of likely N-dealkylation sites (N-methyl/N-ethyl adjacent to an activating group) is 1. The van der Waals surface area contributed by atoms with Gasteiger partial charge in [-0.1, -0.05) is 41.8 Å². The van der Waals surface area contributed by atoms with Crippen LogP contribution in [0.25, 0.3) is 0 Å². The molecule has 0 spiro atoms. The first-order valence-electron chi connectivity index (χ1n) is 6.09. The van der Waals surface area contributed by atoms with Crippen LogP contribution in [0.5, 0.6) is 0 Å². The van der Waals surface area contributed by atoms with Crippen molar-refractivity contribution >= 4 is 34.5 Å². The largest absolute Gasteiger partial charge is 0.307 e. The third-order valence-electron chi connectivity index (χ3n) is 3.10. The Labute approximate surface area is 117 Å². The van der Waals surface area contributed by atoms with Crippen molar-refractivity contribution < 1.29 is 0 Å². The van der Waals surface area contributed by atoms with Gasteiger partial charge in [-0.05, 0) is 38.3 Å². The molecule has 1 unspecified atom stereocenters. The summed E-state index contributed by atoms with van der Waals surface area (Å²) in [5.74, 6) is 0. The Bertz CT molecular complexity index is 412. The highest BCUT2D eigenvalue weighted by Gasteiger charge is 2.21. The fourth-order valence-corrected chi connectivity index (χ4v) is 3.85. The van der Waals surface area contributed by atoms with Crippen molar-refractivity contribution in [3.8, 4) is 0 Å². The number of allylic oxidation sites excluding steroid dienone is 1. The number of rotatable bonds is 4. The predicted molar refractivity (Wildman–Crippen MR) is 77.3 cm³/mol. The second kappa shape index (κ2) is 6.24. The minimum atomic E-state index is 0.247. The van der Waals surface area contributed by atoms with Gasteiger partial charge in [0.2, 0.25) is 0 Å². The van der Waals surface area contributed by atoms with E-state index in [2.05, 4.69) is 18.3 Å². The Kier molecular flexibility index (Phi) is 4.92. The first-order chi connectivity index (χ1) is 8.22. The predicted octanol–water partition coefficient (Wildman–Crippen LogP) is 5.21. The van der Waals surface area contributed by atoms with Crippen LogP contribution in [0.3, 0.4) is 0 Å². The van der Waals surface area contributed by atoms with E-state index in [1.165, 1.54) is 42.6 Å². The van der Waals surface area contributed by atoms with Gasteiger partial charge in [0.1, 0.15) is 0 Å². The van der Waals surface area contributed by atoms with E-state index in [9.17, 15) is 0 Å². The van der Waals surface area contributed by atoms with Crippen LogP contribution in [0.2, 0.25) is 8.67 Å². The summed E-state index contributed by atoms with van der Waals surface area (Å²) in [7, 11) is 0. The zero-order chi connectivity index (χ0) is 12.3. The van der Waals surface area contributed by atoms with Gasteiger partial charge >= 0.3 is 0 Å². The molecule has 1 nitrogen and oxygen atoms in total. The molecule has 0 saturated heterocycles. The topological polar surface area (TPSA) is 12.0 Å². The molecule has 94 valence electrons. The van der Waals surface area contributed by atoms with Crippen LogP contribution in [0, 0.1) is 0 Å². The molecule has 0 aliphatic heterocycles. The average molecular weight is 290 g/mol. The van der Waals surface area contributed by atoms with Gasteiger partial charge in [0, 0.05) is 5.56 Å². The van der Waals surface area contributed by atoms with Gasteiger partial charge in [0.05, 0.1) is 14.7 Å². The number of thiophene rings is 1. The molecule has 0 amide bonds. The first-order valence-corrected chi connectivity index (χ1v) is 7.66. The lowest BCUT2D eigenvalue weighted by Crippen LogP contribution is -2.23. The van der Waals surface area contributed by atoms with Crippen molar-refractivity contribution in [2.24, 2.45) is 0 Å². The molecule has 0 radical (unpaired) electrons. The van der Waals surface area contributed by atoms with Crippen LogP contribution >= 0.6 is 34.5 Å². The molecule has 17 heavy (non-hydrogen) atoms. The maximum absolute atomic E-state index is 6.26. The molecule has 1 aromatic rings. The van der Waals surface area contributed by atoms with Crippen molar-refractivity contribution in [3.63, 3.8) is 0 Å². The van der Waals surface area contributed by atoms with Crippen molar-refractivity contribution in [2.45, 2.75) is 38.6 Å². The lowest BCUT2D eigenvalue weighted by molar-refractivity contribution is 0.565. The highest BCUT2D eigenvalue weighted by atomic mass is 35.5. The zero-order valence-electron chi connectivity index (χ0n) is 9.93. The number of nitrogens with one attached hydrogen (secondary N) is 1. The average Bonchev–Trinajstić information content (AvgIpc) is 2.66. The fraction of sp³-hybridized carbons (Fsp3) is 0.538. The lowest BCUT2D eigenvalue weighted by atomic mass is 9.91. The first kappa shape index (κ1) is 13.4. The van der Waals surface area contributed by atoms with Gasteiger partial charge in [-0.3, -0.25) is 0 Å². The third kappa shape index (κ3) is 3.25. The Morgan fingerprint density at radius 1 is 1.41 bits per heavy atom. The molecule has 0 aromatic carbocycles. The maximum atomic E-state index is 6.26. The number of hydrogen-bond acceptors (Lipinski definition) is 2. The lowest BCUT2D eigenvalue weighted by Gasteiger charge is -2.24. The maximum Gasteiger partial charge on any atom is 0.0995 e. The standard InChI is InChI=1S/C13H17Cl2NS/c1-2-16-12(9-6-4-3-5-7-9)10-8-11(14)17-13(10)15/h6,8,12,16H,2-5,7H2,1H3. The number of halogens is 2. The summed E-state index contributed by atoms with van der Waals surface area (Å²) >= 11 is 13.7. The molecule has 1 aromatic heterocycles. The summed E-state index contributed by atoms with van der Waals surface area (Å²) < 4.78 is 1.58. The van der Waals surface area contributed by atoms with Crippen molar-refractivity contribution in [2.75, 3.05) is 6.54 Å². The highest BCUT2D eigenvalue weighted by molar-refractivity contribution is 7.20. The molecule has 2 rings (SSSR count). The molecule has 0 bridgehead atoms. The Morgan fingerprint density at radius 2 is 2.24 bits per heavy atom. The molecule has 1 atom stereocenters. The van der Waals surface area contributed by atoms with E-state index in [0.717, 1.165) is 20.8 Å². The SMILES string of the molecule is CCNC(C1=CCCCC1)c1cc(Cl)sc1Cl. The molecule has 1 aliphatic carbocycles. The molecule has 1 aliphatic rings. The Balaban J connectivity index is 2.27. The minimum absolute atomic E-state index is 0.247. The summed E-state index contributed by atoms with van der Waals surface area (Å²) in [6.07, 6.45) is 7.30. The fourth-order valence-electron chi connectivity index (χ4n) is 2.32. The van der Waals surface area contributed by atoms with Gasteiger partial charge in [-0.25, -0.2) is 0 Å². The minimum Gasteiger partial charge on any atom is -0.307 e. The van der Waals surface area contributed by atoms with Crippen molar-refractivity contribution in [1.29, 1.82) is 0 Å². The summed E-state index contributed by atoms with van der Waals surface area (Å²) in [5.41, 5.74) is 2.60. The summed E-state index contributed by atoms with van der Waals surface area (Å²) in [5, 5.41) is 3.52. The summed E-state index contributed by atoms with van der Waals surface area (Å²) in [6.45, 7) is 3.06. The van der Waals surface area contributed by atoms with Crippen LogP contribution in [0.15, 0.2) is 17.7 Å². The normalized spacial score (nSPS) is 17.9. The van der Waals surface area contributed by atoms with Gasteiger partial charge in [0.25, 0.3) is 0 Å². The van der Waals surface area contributed by atoms with Crippen LogP contribution in [-0.2, 0) is 0 Å². The number of hydrogen-bond donors (Lipinski definition) is 1. The van der Waals surface area contributed by atoms with Gasteiger partial charge < -0.3 is 5.32 Å². The van der Waals surface area contributed by atoms with Gasteiger partial charge in [-0.2, -0.15) is 0 Å². The molecule has 4 heteroatoms. The van der Waals surface area contributed by atoms with E-state index in [1.54, 1.807) is 0 Å². The van der Waals surface area contributed by atoms with Crippen LogP contribution in [0.4, 0.5) is 0 Å². The highest BCUT2D eigenvalue weighted by Crippen LogP contribution is 2.39. The molecule has 1 N–H and O–H groups in total. The Hall–Kier alpha value is -0.0200. The summed E-state index contributed by atoms with van der Waals surface area (Å²) in [4.78, 5) is 0. The van der Waals surface area contributed by atoms with Crippen molar-refractivity contribution in [3.05, 3.63) is 32.0 Å². The van der Waals surface area contributed by atoms with E-state index in [0.29, 0.717) is 0 Å². The van der Waals surface area contributed by atoms with Crippen molar-refractivity contribution in [1.82, 2.24) is 5.32 Å². The molecular formula is C13H17Cl2NS. The van der Waals surface area contributed by atoms with E-state index in [-0.39, 0.29) is 6.04 Å². The van der Waals surface area contributed by atoms with Gasteiger partial charge in [-0.15, -0.1) is 11.3 Å². The molecule has 0 saturated carbocycles. The smallest absolute Gasteiger partial charge is 0.0995 e.